The predicted octanol–water partition coefficient (Wildman–Crippen LogP) is 1.57. The Morgan fingerprint density at radius 3 is 2.62 bits per heavy atom. The molecule has 7 nitrogen and oxygen atoms in total. The number of carbonyl (C=O) groups excluding carboxylic acids is 1. The Kier molecular flexibility index (Phi) is 4.08. The first-order valence-corrected chi connectivity index (χ1v) is 8.85. The van der Waals surface area contributed by atoms with Crippen molar-refractivity contribution in [3.63, 3.8) is 0 Å². The van der Waals surface area contributed by atoms with Crippen molar-refractivity contribution in [2.75, 3.05) is 13.1 Å². The molecule has 2 aromatic rings. The van der Waals surface area contributed by atoms with Gasteiger partial charge >= 0.3 is 0 Å². The first-order valence-electron chi connectivity index (χ1n) is 8.85. The maximum Gasteiger partial charge on any atom is 0.225 e. The minimum atomic E-state index is 0.304. The van der Waals surface area contributed by atoms with Crippen LogP contribution in [0.3, 0.4) is 0 Å². The molecular weight excluding hydrogens is 304 g/mol. The third-order valence-electron chi connectivity index (χ3n) is 5.51. The monoisotopic (exact) mass is 328 g/mol. The molecule has 1 aliphatic carbocycles. The molecule has 0 N–H and O–H groups in total. The van der Waals surface area contributed by atoms with Gasteiger partial charge in [0.2, 0.25) is 5.91 Å². The summed E-state index contributed by atoms with van der Waals surface area (Å²) in [6, 6.07) is 0. The zero-order valence-corrected chi connectivity index (χ0v) is 14.1. The van der Waals surface area contributed by atoms with Gasteiger partial charge in [-0.2, -0.15) is 0 Å². The van der Waals surface area contributed by atoms with Crippen LogP contribution in [0.5, 0.6) is 0 Å². The molecule has 0 atom stereocenters. The molecule has 0 radical (unpaired) electrons. The van der Waals surface area contributed by atoms with Gasteiger partial charge in [-0.1, -0.05) is 6.42 Å². The lowest BCUT2D eigenvalue weighted by atomic mass is 9.83. The second-order valence-corrected chi connectivity index (χ2v) is 7.00. The van der Waals surface area contributed by atoms with Crippen LogP contribution in [-0.4, -0.2) is 48.2 Å². The van der Waals surface area contributed by atoms with E-state index >= 15 is 0 Å². The SMILES string of the molecule is Cn1c(Cn2ccnc2)nnc1C1CCN(C(=O)C2CCC2)CC1. The summed E-state index contributed by atoms with van der Waals surface area (Å²) in [5.74, 6) is 3.05. The number of nitrogens with zero attached hydrogens (tertiary/aromatic N) is 6. The molecule has 24 heavy (non-hydrogen) atoms. The summed E-state index contributed by atoms with van der Waals surface area (Å²) in [7, 11) is 2.04. The fourth-order valence-corrected chi connectivity index (χ4v) is 3.68. The van der Waals surface area contributed by atoms with Crippen molar-refractivity contribution in [2.24, 2.45) is 13.0 Å². The van der Waals surface area contributed by atoms with Gasteiger partial charge in [0, 0.05) is 44.4 Å². The van der Waals surface area contributed by atoms with Crippen molar-refractivity contribution < 1.29 is 4.79 Å². The van der Waals surface area contributed by atoms with E-state index in [4.69, 9.17) is 0 Å². The minimum Gasteiger partial charge on any atom is -0.342 e. The average Bonchev–Trinajstić information content (AvgIpc) is 3.17. The van der Waals surface area contributed by atoms with Gasteiger partial charge < -0.3 is 14.0 Å². The summed E-state index contributed by atoms with van der Waals surface area (Å²) in [5, 5.41) is 8.78. The molecular formula is C17H24N6O. The lowest BCUT2D eigenvalue weighted by molar-refractivity contribution is -0.139. The van der Waals surface area contributed by atoms with E-state index in [1.807, 2.05) is 17.8 Å². The molecule has 2 aliphatic rings. The maximum atomic E-state index is 12.4. The van der Waals surface area contributed by atoms with E-state index in [-0.39, 0.29) is 0 Å². The van der Waals surface area contributed by atoms with Gasteiger partial charge in [-0.15, -0.1) is 10.2 Å². The van der Waals surface area contributed by atoms with Crippen LogP contribution < -0.4 is 0 Å². The quantitative estimate of drug-likeness (QED) is 0.854. The number of imidazole rings is 1. The van der Waals surface area contributed by atoms with Crippen LogP contribution in [0.15, 0.2) is 18.7 Å². The zero-order valence-electron chi connectivity index (χ0n) is 14.1. The Morgan fingerprint density at radius 2 is 2.00 bits per heavy atom. The van der Waals surface area contributed by atoms with Crippen LogP contribution >= 0.6 is 0 Å². The van der Waals surface area contributed by atoms with E-state index in [0.717, 1.165) is 50.4 Å². The van der Waals surface area contributed by atoms with Crippen LogP contribution in [0.4, 0.5) is 0 Å². The molecule has 0 aromatic carbocycles. The number of hydrogen-bond acceptors (Lipinski definition) is 4. The third kappa shape index (κ3) is 2.83. The average molecular weight is 328 g/mol. The van der Waals surface area contributed by atoms with Gasteiger partial charge in [0.15, 0.2) is 5.82 Å². The van der Waals surface area contributed by atoms with Crippen LogP contribution in [0, 0.1) is 5.92 Å². The van der Waals surface area contributed by atoms with Crippen molar-refractivity contribution in [2.45, 2.75) is 44.6 Å². The van der Waals surface area contributed by atoms with Crippen LogP contribution in [0.25, 0.3) is 0 Å². The summed E-state index contributed by atoms with van der Waals surface area (Å²) >= 11 is 0. The highest BCUT2D eigenvalue weighted by atomic mass is 16.2. The number of rotatable bonds is 4. The van der Waals surface area contributed by atoms with Crippen molar-refractivity contribution >= 4 is 5.91 Å². The van der Waals surface area contributed by atoms with Crippen molar-refractivity contribution in [3.05, 3.63) is 30.4 Å². The number of piperidine rings is 1. The van der Waals surface area contributed by atoms with Gasteiger partial charge in [-0.3, -0.25) is 4.79 Å². The Bertz CT molecular complexity index is 695. The summed E-state index contributed by atoms with van der Waals surface area (Å²) in [4.78, 5) is 18.5. The molecule has 1 amide bonds. The van der Waals surface area contributed by atoms with Crippen LogP contribution in [0.2, 0.25) is 0 Å². The van der Waals surface area contributed by atoms with Gasteiger partial charge in [0.25, 0.3) is 0 Å². The lowest BCUT2D eigenvalue weighted by Crippen LogP contribution is -2.43. The third-order valence-corrected chi connectivity index (χ3v) is 5.51. The highest BCUT2D eigenvalue weighted by molar-refractivity contribution is 5.79. The smallest absolute Gasteiger partial charge is 0.225 e. The molecule has 0 spiro atoms. The van der Waals surface area contributed by atoms with Gasteiger partial charge in [-0.05, 0) is 25.7 Å². The van der Waals surface area contributed by atoms with E-state index < -0.39 is 0 Å². The van der Waals surface area contributed by atoms with E-state index in [2.05, 4.69) is 24.6 Å². The zero-order chi connectivity index (χ0) is 16.5. The van der Waals surface area contributed by atoms with Gasteiger partial charge in [0.1, 0.15) is 5.82 Å². The van der Waals surface area contributed by atoms with Gasteiger partial charge in [-0.25, -0.2) is 4.98 Å². The fraction of sp³-hybridized carbons (Fsp3) is 0.647. The molecule has 0 unspecified atom stereocenters. The molecule has 0 bridgehead atoms. The second kappa shape index (κ2) is 6.37. The number of hydrogen-bond donors (Lipinski definition) is 0. The van der Waals surface area contributed by atoms with Gasteiger partial charge in [0.05, 0.1) is 12.9 Å². The van der Waals surface area contributed by atoms with E-state index in [9.17, 15) is 4.79 Å². The van der Waals surface area contributed by atoms with E-state index in [0.29, 0.717) is 24.3 Å². The number of aromatic nitrogens is 5. The van der Waals surface area contributed by atoms with E-state index in [1.54, 1.807) is 12.5 Å². The Morgan fingerprint density at radius 1 is 1.21 bits per heavy atom. The molecule has 7 heteroatoms. The normalized spacial score (nSPS) is 19.5. The summed E-state index contributed by atoms with van der Waals surface area (Å²) in [5.41, 5.74) is 0. The number of amides is 1. The topological polar surface area (TPSA) is 68.8 Å². The van der Waals surface area contributed by atoms with Crippen molar-refractivity contribution in [1.82, 2.24) is 29.2 Å². The first kappa shape index (κ1) is 15.4. The molecule has 2 fully saturated rings. The molecule has 2 aromatic heterocycles. The highest BCUT2D eigenvalue weighted by Crippen LogP contribution is 2.32. The van der Waals surface area contributed by atoms with Crippen molar-refractivity contribution in [1.29, 1.82) is 0 Å². The predicted molar refractivity (Wildman–Crippen MR) is 88.2 cm³/mol. The maximum absolute atomic E-state index is 12.4. The second-order valence-electron chi connectivity index (χ2n) is 7.00. The number of likely N-dealkylation sites (tertiary alicyclic amines) is 1. The minimum absolute atomic E-state index is 0.304. The molecule has 1 saturated heterocycles. The summed E-state index contributed by atoms with van der Waals surface area (Å²) < 4.78 is 4.10. The van der Waals surface area contributed by atoms with Crippen LogP contribution in [0.1, 0.15) is 49.7 Å². The molecule has 1 aliphatic heterocycles. The Hall–Kier alpha value is -2.18. The molecule has 3 heterocycles. The molecule has 1 saturated carbocycles. The highest BCUT2D eigenvalue weighted by Gasteiger charge is 2.33. The Balaban J connectivity index is 1.38. The molecule has 4 rings (SSSR count). The first-order chi connectivity index (χ1) is 11.7. The summed E-state index contributed by atoms with van der Waals surface area (Å²) in [6.45, 7) is 2.38. The van der Waals surface area contributed by atoms with E-state index in [1.165, 1.54) is 6.42 Å². The van der Waals surface area contributed by atoms with Crippen molar-refractivity contribution in [3.8, 4) is 0 Å². The standard InChI is InChI=1S/C17H24N6O/c1-21-15(11-22-10-7-18-12-22)19-20-16(21)13-5-8-23(9-6-13)17(24)14-3-2-4-14/h7,10,12-14H,2-6,8-9,11H2,1H3. The fourth-order valence-electron chi connectivity index (χ4n) is 3.68. The molecule has 128 valence electrons. The Labute approximate surface area is 141 Å². The summed E-state index contributed by atoms with van der Waals surface area (Å²) in [6.07, 6.45) is 10.8. The lowest BCUT2D eigenvalue weighted by Gasteiger charge is -2.36. The van der Waals surface area contributed by atoms with Crippen LogP contribution in [-0.2, 0) is 18.4 Å². The largest absolute Gasteiger partial charge is 0.342 e. The number of carbonyl (C=O) groups is 1.